The minimum atomic E-state index is -0.392. The highest BCUT2D eigenvalue weighted by atomic mass is 35.5. The van der Waals surface area contributed by atoms with Crippen molar-refractivity contribution >= 4 is 29.3 Å². The molecular formula is C26H33ClN2O3. The van der Waals surface area contributed by atoms with Crippen LogP contribution in [-0.2, 0) is 11.8 Å². The van der Waals surface area contributed by atoms with Crippen molar-refractivity contribution in [3.8, 4) is 0 Å². The minimum Gasteiger partial charge on any atom is -0.451 e. The zero-order valence-corrected chi connectivity index (χ0v) is 20.5. The summed E-state index contributed by atoms with van der Waals surface area (Å²) in [5.41, 5.74) is 3.75. The molecule has 3 aromatic rings. The standard InChI is InChI=1S/C26H32N2O3.ClH/c1-7-17-8-13-23-20(14-17)22(29)15-24(31-23)25(30)27-16-21(28(5)6)18-9-11-19(12-10-18)26(2,3)4;/h8-15,21H,7,16H2,1-6H3,(H,27,30);1H. The van der Waals surface area contributed by atoms with Crippen LogP contribution in [0.5, 0.6) is 0 Å². The van der Waals surface area contributed by atoms with Gasteiger partial charge in [-0.1, -0.05) is 58.0 Å². The first-order valence-corrected chi connectivity index (χ1v) is 10.7. The van der Waals surface area contributed by atoms with Gasteiger partial charge in [-0.2, -0.15) is 0 Å². The van der Waals surface area contributed by atoms with Crippen molar-refractivity contribution in [3.63, 3.8) is 0 Å². The Morgan fingerprint density at radius 1 is 1.06 bits per heavy atom. The Bertz CT molecular complexity index is 1130. The summed E-state index contributed by atoms with van der Waals surface area (Å²) in [5, 5.41) is 3.43. The number of benzene rings is 2. The van der Waals surface area contributed by atoms with Crippen LogP contribution in [0.15, 0.2) is 57.7 Å². The van der Waals surface area contributed by atoms with Crippen LogP contribution in [0.1, 0.15) is 61.0 Å². The number of nitrogens with one attached hydrogen (secondary N) is 1. The van der Waals surface area contributed by atoms with Crippen LogP contribution in [-0.4, -0.2) is 31.4 Å². The van der Waals surface area contributed by atoms with Crippen molar-refractivity contribution in [3.05, 3.63) is 81.2 Å². The molecule has 0 fully saturated rings. The average molecular weight is 457 g/mol. The first-order chi connectivity index (χ1) is 14.6. The Balaban J connectivity index is 0.00000363. The molecule has 1 atom stereocenters. The summed E-state index contributed by atoms with van der Waals surface area (Å²) in [6.07, 6.45) is 0.834. The van der Waals surface area contributed by atoms with E-state index < -0.39 is 5.91 Å². The van der Waals surface area contributed by atoms with Gasteiger partial charge in [-0.05, 0) is 54.8 Å². The number of carbonyl (C=O) groups is 1. The molecule has 0 aliphatic rings. The van der Waals surface area contributed by atoms with E-state index in [-0.39, 0.29) is 35.1 Å². The van der Waals surface area contributed by atoms with E-state index in [4.69, 9.17) is 4.42 Å². The first kappa shape index (κ1) is 25.6. The van der Waals surface area contributed by atoms with Gasteiger partial charge >= 0.3 is 0 Å². The molecule has 0 saturated carbocycles. The second kappa shape index (κ2) is 10.3. The summed E-state index contributed by atoms with van der Waals surface area (Å²) >= 11 is 0. The summed E-state index contributed by atoms with van der Waals surface area (Å²) < 4.78 is 5.73. The van der Waals surface area contributed by atoms with Gasteiger partial charge in [0.2, 0.25) is 0 Å². The quantitative estimate of drug-likeness (QED) is 0.560. The van der Waals surface area contributed by atoms with Crippen molar-refractivity contribution in [2.24, 2.45) is 0 Å². The van der Waals surface area contributed by atoms with Gasteiger partial charge < -0.3 is 14.6 Å². The molecule has 1 unspecified atom stereocenters. The highest BCUT2D eigenvalue weighted by Gasteiger charge is 2.19. The van der Waals surface area contributed by atoms with Gasteiger partial charge in [0.15, 0.2) is 11.2 Å². The molecule has 0 radical (unpaired) electrons. The molecule has 0 spiro atoms. The van der Waals surface area contributed by atoms with Crippen LogP contribution in [0, 0.1) is 0 Å². The SMILES string of the molecule is CCc1ccc2oc(C(=O)NCC(c3ccc(C(C)(C)C)cc3)N(C)C)cc(=O)c2c1.Cl. The topological polar surface area (TPSA) is 62.6 Å². The maximum Gasteiger partial charge on any atom is 0.287 e. The lowest BCUT2D eigenvalue weighted by atomic mass is 9.86. The predicted molar refractivity (Wildman–Crippen MR) is 133 cm³/mol. The fourth-order valence-corrected chi connectivity index (χ4v) is 3.62. The van der Waals surface area contributed by atoms with Gasteiger partial charge in [-0.25, -0.2) is 0 Å². The van der Waals surface area contributed by atoms with Gasteiger partial charge in [0.25, 0.3) is 5.91 Å². The molecule has 0 aliphatic carbocycles. The molecule has 2 aromatic carbocycles. The Morgan fingerprint density at radius 2 is 1.72 bits per heavy atom. The van der Waals surface area contributed by atoms with Crippen LogP contribution in [0.3, 0.4) is 0 Å². The lowest BCUT2D eigenvalue weighted by molar-refractivity contribution is 0.0914. The zero-order valence-electron chi connectivity index (χ0n) is 19.7. The average Bonchev–Trinajstić information content (AvgIpc) is 2.73. The number of likely N-dealkylation sites (N-methyl/N-ethyl adjacent to an activating group) is 1. The third-order valence-corrected chi connectivity index (χ3v) is 5.66. The normalized spacial score (nSPS) is 12.5. The molecule has 6 heteroatoms. The predicted octanol–water partition coefficient (Wildman–Crippen LogP) is 5.11. The van der Waals surface area contributed by atoms with E-state index in [0.717, 1.165) is 17.5 Å². The van der Waals surface area contributed by atoms with E-state index in [1.54, 1.807) is 6.07 Å². The second-order valence-electron chi connectivity index (χ2n) is 9.22. The maximum absolute atomic E-state index is 12.7. The van der Waals surface area contributed by atoms with E-state index in [0.29, 0.717) is 17.5 Å². The highest BCUT2D eigenvalue weighted by Crippen LogP contribution is 2.25. The molecule has 1 aromatic heterocycles. The van der Waals surface area contributed by atoms with Gasteiger partial charge in [0.1, 0.15) is 5.58 Å². The molecule has 1 N–H and O–H groups in total. The Kier molecular flexibility index (Phi) is 8.27. The number of rotatable bonds is 6. The largest absolute Gasteiger partial charge is 0.451 e. The summed E-state index contributed by atoms with van der Waals surface area (Å²) in [7, 11) is 3.96. The van der Waals surface area contributed by atoms with E-state index in [9.17, 15) is 9.59 Å². The van der Waals surface area contributed by atoms with Crippen molar-refractivity contribution in [2.75, 3.05) is 20.6 Å². The van der Waals surface area contributed by atoms with Crippen LogP contribution >= 0.6 is 12.4 Å². The van der Waals surface area contributed by atoms with Crippen molar-refractivity contribution in [2.45, 2.75) is 45.6 Å². The van der Waals surface area contributed by atoms with Crippen molar-refractivity contribution in [1.29, 1.82) is 0 Å². The fraction of sp³-hybridized carbons (Fsp3) is 0.385. The third-order valence-electron chi connectivity index (χ3n) is 5.66. The molecule has 0 bridgehead atoms. The summed E-state index contributed by atoms with van der Waals surface area (Å²) in [5.74, 6) is -0.362. The fourth-order valence-electron chi connectivity index (χ4n) is 3.62. The third kappa shape index (κ3) is 5.78. The molecule has 32 heavy (non-hydrogen) atoms. The van der Waals surface area contributed by atoms with Crippen LogP contribution < -0.4 is 10.7 Å². The van der Waals surface area contributed by atoms with Gasteiger partial charge in [-0.3, -0.25) is 9.59 Å². The minimum absolute atomic E-state index is 0. The summed E-state index contributed by atoms with van der Waals surface area (Å²) in [6, 6.07) is 15.3. The van der Waals surface area contributed by atoms with Crippen LogP contribution in [0.4, 0.5) is 0 Å². The number of hydrogen-bond donors (Lipinski definition) is 1. The van der Waals surface area contributed by atoms with E-state index >= 15 is 0 Å². The number of nitrogens with zero attached hydrogens (tertiary/aromatic N) is 1. The molecule has 3 rings (SSSR count). The van der Waals surface area contributed by atoms with Gasteiger partial charge in [0, 0.05) is 12.6 Å². The number of carbonyl (C=O) groups excluding carboxylic acids is 1. The molecule has 1 heterocycles. The molecule has 0 aliphatic heterocycles. The highest BCUT2D eigenvalue weighted by molar-refractivity contribution is 5.93. The van der Waals surface area contributed by atoms with E-state index in [1.807, 2.05) is 33.2 Å². The van der Waals surface area contributed by atoms with Gasteiger partial charge in [0.05, 0.1) is 11.4 Å². The summed E-state index contributed by atoms with van der Waals surface area (Å²) in [6.45, 7) is 8.99. The lowest BCUT2D eigenvalue weighted by Crippen LogP contribution is -2.34. The number of amides is 1. The van der Waals surface area contributed by atoms with E-state index in [1.165, 1.54) is 11.6 Å². The molecule has 5 nitrogen and oxygen atoms in total. The maximum atomic E-state index is 12.7. The molecule has 1 amide bonds. The summed E-state index contributed by atoms with van der Waals surface area (Å²) in [4.78, 5) is 27.3. The molecule has 172 valence electrons. The first-order valence-electron chi connectivity index (χ1n) is 10.7. The monoisotopic (exact) mass is 456 g/mol. The van der Waals surface area contributed by atoms with Crippen molar-refractivity contribution < 1.29 is 9.21 Å². The van der Waals surface area contributed by atoms with Crippen LogP contribution in [0.2, 0.25) is 0 Å². The number of fused-ring (bicyclic) bond motifs is 1. The Morgan fingerprint density at radius 3 is 2.28 bits per heavy atom. The second-order valence-corrected chi connectivity index (χ2v) is 9.22. The lowest BCUT2D eigenvalue weighted by Gasteiger charge is -2.26. The number of hydrogen-bond acceptors (Lipinski definition) is 4. The smallest absolute Gasteiger partial charge is 0.287 e. The Hall–Kier alpha value is -2.63. The van der Waals surface area contributed by atoms with Crippen LogP contribution in [0.25, 0.3) is 11.0 Å². The van der Waals surface area contributed by atoms with Crippen molar-refractivity contribution in [1.82, 2.24) is 10.2 Å². The number of halogens is 1. The van der Waals surface area contributed by atoms with Gasteiger partial charge in [-0.15, -0.1) is 12.4 Å². The van der Waals surface area contributed by atoms with E-state index in [2.05, 4.69) is 55.3 Å². The zero-order chi connectivity index (χ0) is 22.8. The molecule has 0 saturated heterocycles. The number of aryl methyl sites for hydroxylation is 1. The Labute approximate surface area is 196 Å². The molecular weight excluding hydrogens is 424 g/mol.